The summed E-state index contributed by atoms with van der Waals surface area (Å²) in [5, 5.41) is 12.0. The third-order valence-electron chi connectivity index (χ3n) is 4.42. The molecule has 0 aliphatic carbocycles. The van der Waals surface area contributed by atoms with Gasteiger partial charge in [0.1, 0.15) is 5.82 Å². The van der Waals surface area contributed by atoms with Crippen LogP contribution in [-0.4, -0.2) is 33.1 Å². The zero-order valence-corrected chi connectivity index (χ0v) is 14.7. The largest absolute Gasteiger partial charge is 0.478 e. The number of fused-ring (bicyclic) bond motifs is 1. The summed E-state index contributed by atoms with van der Waals surface area (Å²) in [7, 11) is 0. The van der Waals surface area contributed by atoms with Gasteiger partial charge in [-0.2, -0.15) is 0 Å². The summed E-state index contributed by atoms with van der Waals surface area (Å²) < 4.78 is 7.18. The summed E-state index contributed by atoms with van der Waals surface area (Å²) in [5.41, 5.74) is 1.76. The van der Waals surface area contributed by atoms with Crippen LogP contribution in [0.3, 0.4) is 0 Å². The maximum absolute atomic E-state index is 12.0. The van der Waals surface area contributed by atoms with Gasteiger partial charge in [-0.05, 0) is 43.7 Å². The molecule has 0 bridgehead atoms. The van der Waals surface area contributed by atoms with Crippen molar-refractivity contribution in [3.05, 3.63) is 53.7 Å². The number of carboxylic acid groups (broad SMARTS) is 1. The van der Waals surface area contributed by atoms with Crippen LogP contribution >= 0.6 is 0 Å². The van der Waals surface area contributed by atoms with E-state index in [0.29, 0.717) is 18.5 Å². The molecule has 136 valence electrons. The Bertz CT molecular complexity index is 928. The van der Waals surface area contributed by atoms with Gasteiger partial charge < -0.3 is 19.4 Å². The molecule has 3 rings (SSSR count). The number of aromatic carboxylic acids is 1. The molecule has 1 unspecified atom stereocenters. The molecular weight excluding hydrogens is 334 g/mol. The van der Waals surface area contributed by atoms with E-state index in [9.17, 15) is 14.7 Å². The summed E-state index contributed by atoms with van der Waals surface area (Å²) >= 11 is 0. The highest BCUT2D eigenvalue weighted by Crippen LogP contribution is 2.24. The van der Waals surface area contributed by atoms with Gasteiger partial charge in [-0.1, -0.05) is 6.92 Å². The van der Waals surface area contributed by atoms with E-state index in [2.05, 4.69) is 28.7 Å². The van der Waals surface area contributed by atoms with Crippen LogP contribution < -0.4 is 5.32 Å². The van der Waals surface area contributed by atoms with Crippen LogP contribution in [0.1, 0.15) is 53.0 Å². The van der Waals surface area contributed by atoms with Gasteiger partial charge in [0.2, 0.25) is 0 Å². The third-order valence-corrected chi connectivity index (χ3v) is 4.42. The predicted octanol–water partition coefficient (Wildman–Crippen LogP) is 3.27. The molecule has 3 aromatic rings. The standard InChI is InChI=1S/C19H21N3O4/c1-3-12(2)22-15-7-6-13(19(24)25)11-14(15)21-17(22)8-9-20-18(23)16-5-4-10-26-16/h4-7,10-12H,3,8-9H2,1-2H3,(H,20,23)(H,24,25). The second kappa shape index (κ2) is 7.43. The minimum absolute atomic E-state index is 0.212. The number of furan rings is 1. The Morgan fingerprint density at radius 2 is 2.15 bits per heavy atom. The number of nitrogens with one attached hydrogen (secondary N) is 1. The van der Waals surface area contributed by atoms with Gasteiger partial charge in [-0.25, -0.2) is 9.78 Å². The highest BCUT2D eigenvalue weighted by atomic mass is 16.4. The van der Waals surface area contributed by atoms with E-state index in [1.807, 2.05) is 0 Å². The van der Waals surface area contributed by atoms with Crippen LogP contribution in [0, 0.1) is 0 Å². The van der Waals surface area contributed by atoms with E-state index in [1.165, 1.54) is 6.26 Å². The second-order valence-electron chi connectivity index (χ2n) is 6.15. The zero-order chi connectivity index (χ0) is 18.7. The number of hydrogen-bond acceptors (Lipinski definition) is 4. The molecule has 2 heterocycles. The van der Waals surface area contributed by atoms with Crippen molar-refractivity contribution in [2.45, 2.75) is 32.7 Å². The zero-order valence-electron chi connectivity index (χ0n) is 14.7. The summed E-state index contributed by atoms with van der Waals surface area (Å²) in [4.78, 5) is 27.8. The maximum atomic E-state index is 12.0. The lowest BCUT2D eigenvalue weighted by Gasteiger charge is -2.16. The Kier molecular flexibility index (Phi) is 5.06. The van der Waals surface area contributed by atoms with E-state index < -0.39 is 5.97 Å². The Balaban J connectivity index is 1.83. The van der Waals surface area contributed by atoms with E-state index in [1.54, 1.807) is 30.3 Å². The van der Waals surface area contributed by atoms with E-state index >= 15 is 0 Å². The number of carbonyl (C=O) groups excluding carboxylic acids is 1. The Labute approximate surface area is 150 Å². The molecule has 26 heavy (non-hydrogen) atoms. The normalized spacial score (nSPS) is 12.2. The Morgan fingerprint density at radius 1 is 1.35 bits per heavy atom. The maximum Gasteiger partial charge on any atom is 0.335 e. The summed E-state index contributed by atoms with van der Waals surface area (Å²) in [6.07, 6.45) is 2.91. The van der Waals surface area contributed by atoms with Crippen molar-refractivity contribution in [3.63, 3.8) is 0 Å². The number of aromatic nitrogens is 2. The van der Waals surface area contributed by atoms with Gasteiger partial charge in [0.05, 0.1) is 22.9 Å². The van der Waals surface area contributed by atoms with Crippen LogP contribution in [-0.2, 0) is 6.42 Å². The minimum Gasteiger partial charge on any atom is -0.478 e. The average molecular weight is 355 g/mol. The first-order valence-corrected chi connectivity index (χ1v) is 8.57. The SMILES string of the molecule is CCC(C)n1c(CCNC(=O)c2ccco2)nc2cc(C(=O)O)ccc21. The quantitative estimate of drug-likeness (QED) is 0.678. The molecule has 1 atom stereocenters. The van der Waals surface area contributed by atoms with E-state index in [4.69, 9.17) is 4.42 Å². The monoisotopic (exact) mass is 355 g/mol. The number of amides is 1. The lowest BCUT2D eigenvalue weighted by Crippen LogP contribution is -2.26. The molecule has 1 aromatic carbocycles. The van der Waals surface area contributed by atoms with Gasteiger partial charge in [0.15, 0.2) is 5.76 Å². The molecule has 0 spiro atoms. The van der Waals surface area contributed by atoms with Gasteiger partial charge >= 0.3 is 5.97 Å². The number of nitrogens with zero attached hydrogens (tertiary/aromatic N) is 2. The second-order valence-corrected chi connectivity index (χ2v) is 6.15. The summed E-state index contributed by atoms with van der Waals surface area (Å²) in [5.74, 6) is -0.158. The van der Waals surface area contributed by atoms with E-state index in [0.717, 1.165) is 17.8 Å². The van der Waals surface area contributed by atoms with Gasteiger partial charge in [-0.15, -0.1) is 0 Å². The topological polar surface area (TPSA) is 97.4 Å². The van der Waals surface area contributed by atoms with Crippen LogP contribution in [0.4, 0.5) is 0 Å². The smallest absolute Gasteiger partial charge is 0.335 e. The number of carboxylic acids is 1. The molecule has 0 saturated carbocycles. The van der Waals surface area contributed by atoms with Gasteiger partial charge in [0, 0.05) is 19.0 Å². The number of imidazole rings is 1. The molecule has 0 saturated heterocycles. The number of benzene rings is 1. The fourth-order valence-electron chi connectivity index (χ4n) is 2.92. The molecule has 2 N–H and O–H groups in total. The number of hydrogen-bond donors (Lipinski definition) is 2. The van der Waals surface area contributed by atoms with Crippen molar-refractivity contribution in [1.82, 2.24) is 14.9 Å². The van der Waals surface area contributed by atoms with Crippen molar-refractivity contribution in [3.8, 4) is 0 Å². The summed E-state index contributed by atoms with van der Waals surface area (Å²) in [6, 6.07) is 8.46. The fourth-order valence-corrected chi connectivity index (χ4v) is 2.92. The fraction of sp³-hybridized carbons (Fsp3) is 0.316. The minimum atomic E-state index is -0.975. The van der Waals surface area contributed by atoms with Crippen molar-refractivity contribution >= 4 is 22.9 Å². The third kappa shape index (κ3) is 3.46. The molecular formula is C19H21N3O4. The molecule has 7 nitrogen and oxygen atoms in total. The van der Waals surface area contributed by atoms with Crippen LogP contribution in [0.5, 0.6) is 0 Å². The first-order chi connectivity index (χ1) is 12.5. The number of rotatable bonds is 7. The molecule has 0 aliphatic heterocycles. The highest BCUT2D eigenvalue weighted by molar-refractivity contribution is 5.92. The van der Waals surface area contributed by atoms with Crippen molar-refractivity contribution in [2.75, 3.05) is 6.54 Å². The van der Waals surface area contributed by atoms with Crippen LogP contribution in [0.15, 0.2) is 41.0 Å². The molecule has 0 aliphatic rings. The van der Waals surface area contributed by atoms with Crippen LogP contribution in [0.2, 0.25) is 0 Å². The molecule has 1 amide bonds. The van der Waals surface area contributed by atoms with Crippen molar-refractivity contribution in [1.29, 1.82) is 0 Å². The lowest BCUT2D eigenvalue weighted by molar-refractivity contribution is 0.0696. The van der Waals surface area contributed by atoms with Gasteiger partial charge in [0.25, 0.3) is 5.91 Å². The van der Waals surface area contributed by atoms with E-state index in [-0.39, 0.29) is 23.3 Å². The Morgan fingerprint density at radius 3 is 2.81 bits per heavy atom. The first kappa shape index (κ1) is 17.7. The lowest BCUT2D eigenvalue weighted by atomic mass is 10.2. The van der Waals surface area contributed by atoms with Gasteiger partial charge in [-0.3, -0.25) is 4.79 Å². The van der Waals surface area contributed by atoms with Crippen molar-refractivity contribution in [2.24, 2.45) is 0 Å². The van der Waals surface area contributed by atoms with Crippen molar-refractivity contribution < 1.29 is 19.1 Å². The number of carbonyl (C=O) groups is 2. The molecule has 7 heteroatoms. The first-order valence-electron chi connectivity index (χ1n) is 8.57. The highest BCUT2D eigenvalue weighted by Gasteiger charge is 2.17. The predicted molar refractivity (Wildman–Crippen MR) is 96.4 cm³/mol. The summed E-state index contributed by atoms with van der Waals surface area (Å²) in [6.45, 7) is 4.59. The van der Waals surface area contributed by atoms with Crippen LogP contribution in [0.25, 0.3) is 11.0 Å². The molecule has 0 radical (unpaired) electrons. The molecule has 0 fully saturated rings. The molecule has 2 aromatic heterocycles. The average Bonchev–Trinajstić information content (AvgIpc) is 3.28. The Hall–Kier alpha value is -3.09.